The molecule has 1 aromatic rings. The van der Waals surface area contributed by atoms with Crippen molar-refractivity contribution >= 4 is 35.6 Å². The van der Waals surface area contributed by atoms with Gasteiger partial charge in [-0.3, -0.25) is 0 Å². The molecule has 1 fully saturated rings. The van der Waals surface area contributed by atoms with Gasteiger partial charge < -0.3 is 10.8 Å². The van der Waals surface area contributed by atoms with Crippen LogP contribution in [0.1, 0.15) is 49.7 Å². The van der Waals surface area contributed by atoms with E-state index in [0.29, 0.717) is 11.6 Å². The van der Waals surface area contributed by atoms with Gasteiger partial charge in [0.2, 0.25) is 0 Å². The highest BCUT2D eigenvalue weighted by Crippen LogP contribution is 2.55. The van der Waals surface area contributed by atoms with Crippen molar-refractivity contribution in [2.24, 2.45) is 5.73 Å². The van der Waals surface area contributed by atoms with Gasteiger partial charge >= 0.3 is 0 Å². The first-order chi connectivity index (χ1) is 9.52. The van der Waals surface area contributed by atoms with Crippen LogP contribution in [-0.2, 0) is 11.8 Å². The number of rotatable bonds is 2. The number of benzene rings is 1. The van der Waals surface area contributed by atoms with Crippen LogP contribution < -0.4 is 5.73 Å². The maximum absolute atomic E-state index is 11.3. The van der Waals surface area contributed by atoms with Crippen LogP contribution >= 0.6 is 35.6 Å². The summed E-state index contributed by atoms with van der Waals surface area (Å²) in [6, 6.07) is 3.82. The van der Waals surface area contributed by atoms with E-state index in [9.17, 15) is 5.11 Å². The van der Waals surface area contributed by atoms with Crippen molar-refractivity contribution in [3.63, 3.8) is 0 Å². The summed E-state index contributed by atoms with van der Waals surface area (Å²) in [5.74, 6) is 0. The zero-order valence-electron chi connectivity index (χ0n) is 12.0. The molecule has 2 nitrogen and oxygen atoms in total. The monoisotopic (exact) mass is 349 g/mol. The Morgan fingerprint density at radius 2 is 1.86 bits per heavy atom. The lowest BCUT2D eigenvalue weighted by Gasteiger charge is -2.55. The molecule has 21 heavy (non-hydrogen) atoms. The highest BCUT2D eigenvalue weighted by atomic mass is 35.5. The lowest BCUT2D eigenvalue weighted by atomic mass is 9.53. The molecule has 0 saturated heterocycles. The molecule has 2 aliphatic rings. The van der Waals surface area contributed by atoms with Crippen molar-refractivity contribution in [1.82, 2.24) is 0 Å². The number of fused-ring (bicyclic) bond motifs is 3. The van der Waals surface area contributed by atoms with Crippen molar-refractivity contribution in [3.05, 3.63) is 33.3 Å². The fourth-order valence-electron chi connectivity index (χ4n) is 4.42. The summed E-state index contributed by atoms with van der Waals surface area (Å²) in [5, 5.41) is 12.6. The van der Waals surface area contributed by atoms with Gasteiger partial charge in [0, 0.05) is 15.5 Å². The average molecular weight is 351 g/mol. The van der Waals surface area contributed by atoms with E-state index in [-0.39, 0.29) is 17.8 Å². The van der Waals surface area contributed by atoms with E-state index < -0.39 is 5.60 Å². The minimum Gasteiger partial charge on any atom is -0.389 e. The first-order valence-electron chi connectivity index (χ1n) is 7.43. The lowest BCUT2D eigenvalue weighted by molar-refractivity contribution is -0.0861. The molecule has 2 aliphatic carbocycles. The highest BCUT2D eigenvalue weighted by molar-refractivity contribution is 6.35. The molecule has 0 bridgehead atoms. The number of nitrogens with two attached hydrogens (primary N) is 1. The van der Waals surface area contributed by atoms with Crippen LogP contribution in [0.5, 0.6) is 0 Å². The van der Waals surface area contributed by atoms with E-state index in [1.165, 1.54) is 0 Å². The number of halogens is 3. The van der Waals surface area contributed by atoms with Crippen molar-refractivity contribution < 1.29 is 5.11 Å². The molecule has 1 aromatic carbocycles. The van der Waals surface area contributed by atoms with Gasteiger partial charge in [-0.05, 0) is 61.9 Å². The van der Waals surface area contributed by atoms with E-state index >= 15 is 0 Å². The predicted octanol–water partition coefficient (Wildman–Crippen LogP) is 4.25. The second kappa shape index (κ2) is 6.25. The van der Waals surface area contributed by atoms with Gasteiger partial charge in [-0.1, -0.05) is 36.0 Å². The van der Waals surface area contributed by atoms with Gasteiger partial charge in [0.15, 0.2) is 0 Å². The van der Waals surface area contributed by atoms with Gasteiger partial charge in [-0.2, -0.15) is 0 Å². The fraction of sp³-hybridized carbons (Fsp3) is 0.625. The summed E-state index contributed by atoms with van der Waals surface area (Å²) in [6.45, 7) is 0.575. The van der Waals surface area contributed by atoms with Crippen molar-refractivity contribution in [2.45, 2.75) is 56.0 Å². The van der Waals surface area contributed by atoms with Gasteiger partial charge in [0.25, 0.3) is 0 Å². The van der Waals surface area contributed by atoms with Crippen molar-refractivity contribution in [2.75, 3.05) is 6.54 Å². The Morgan fingerprint density at radius 1 is 1.14 bits per heavy atom. The molecule has 3 rings (SSSR count). The minimum absolute atomic E-state index is 0. The molecule has 3 N–H and O–H groups in total. The Bertz CT molecular complexity index is 532. The molecule has 0 heterocycles. The molecule has 0 unspecified atom stereocenters. The third-order valence-corrected chi connectivity index (χ3v) is 5.93. The van der Waals surface area contributed by atoms with E-state index in [1.807, 2.05) is 12.1 Å². The molecule has 0 spiro atoms. The summed E-state index contributed by atoms with van der Waals surface area (Å²) >= 11 is 12.6. The zero-order chi connectivity index (χ0) is 14.4. The molecular weight excluding hydrogens is 329 g/mol. The van der Waals surface area contributed by atoms with Gasteiger partial charge in [-0.15, -0.1) is 12.4 Å². The summed E-state index contributed by atoms with van der Waals surface area (Å²) in [6.07, 6.45) is 6.46. The summed E-state index contributed by atoms with van der Waals surface area (Å²) < 4.78 is 0. The Hall–Kier alpha value is 0.01000. The number of hydrogen-bond donors (Lipinski definition) is 2. The molecular formula is C16H22Cl3NO. The summed E-state index contributed by atoms with van der Waals surface area (Å²) in [4.78, 5) is 0. The van der Waals surface area contributed by atoms with Crippen LogP contribution in [0.15, 0.2) is 12.1 Å². The maximum atomic E-state index is 11.3. The van der Waals surface area contributed by atoms with Crippen LogP contribution in [-0.4, -0.2) is 17.3 Å². The normalized spacial score (nSPS) is 31.0. The van der Waals surface area contributed by atoms with E-state index in [0.717, 1.165) is 61.1 Å². The quantitative estimate of drug-likeness (QED) is 0.837. The second-order valence-electron chi connectivity index (χ2n) is 6.27. The molecule has 0 radical (unpaired) electrons. The summed E-state index contributed by atoms with van der Waals surface area (Å²) in [7, 11) is 0. The Morgan fingerprint density at radius 3 is 2.57 bits per heavy atom. The van der Waals surface area contributed by atoms with Crippen LogP contribution in [0.4, 0.5) is 0 Å². The molecule has 0 amide bonds. The predicted molar refractivity (Wildman–Crippen MR) is 90.8 cm³/mol. The van der Waals surface area contributed by atoms with Crippen LogP contribution in [0.25, 0.3) is 0 Å². The number of aliphatic hydroxyl groups is 1. The van der Waals surface area contributed by atoms with Crippen molar-refractivity contribution in [1.29, 1.82) is 0 Å². The van der Waals surface area contributed by atoms with Gasteiger partial charge in [0.1, 0.15) is 0 Å². The third kappa shape index (κ3) is 2.60. The Kier molecular flexibility index (Phi) is 5.17. The minimum atomic E-state index is -0.647. The SMILES string of the molecule is Cl.NCC[C@]12CCCC[C@@]1(O)CCc1c(Cl)cc(Cl)cc12. The molecule has 2 atom stereocenters. The maximum Gasteiger partial charge on any atom is 0.0747 e. The van der Waals surface area contributed by atoms with Gasteiger partial charge in [0.05, 0.1) is 5.60 Å². The molecule has 0 aliphatic heterocycles. The van der Waals surface area contributed by atoms with Crippen LogP contribution in [0, 0.1) is 0 Å². The lowest BCUT2D eigenvalue weighted by Crippen LogP contribution is -2.57. The first-order valence-corrected chi connectivity index (χ1v) is 8.19. The molecule has 1 saturated carbocycles. The molecule has 118 valence electrons. The Labute approximate surface area is 142 Å². The second-order valence-corrected chi connectivity index (χ2v) is 7.12. The largest absolute Gasteiger partial charge is 0.389 e. The van der Waals surface area contributed by atoms with Crippen molar-refractivity contribution in [3.8, 4) is 0 Å². The van der Waals surface area contributed by atoms with Crippen LogP contribution in [0.2, 0.25) is 10.0 Å². The fourth-order valence-corrected chi connectivity index (χ4v) is 5.01. The van der Waals surface area contributed by atoms with Crippen LogP contribution in [0.3, 0.4) is 0 Å². The number of hydrogen-bond acceptors (Lipinski definition) is 2. The van der Waals surface area contributed by atoms with E-state index in [2.05, 4.69) is 0 Å². The zero-order valence-corrected chi connectivity index (χ0v) is 14.3. The Balaban J connectivity index is 0.00000161. The molecule has 5 heteroatoms. The topological polar surface area (TPSA) is 46.2 Å². The summed E-state index contributed by atoms with van der Waals surface area (Å²) in [5.41, 5.74) is 7.28. The standard InChI is InChI=1S/C16H21Cl2NO.ClH/c17-11-9-13-12(14(18)10-11)3-6-16(20)5-2-1-4-15(13,16)7-8-19;/h9-10,20H,1-8,19H2;1H/t15-,16+;/m0./s1. The van der Waals surface area contributed by atoms with E-state index in [4.69, 9.17) is 28.9 Å². The first kappa shape index (κ1) is 17.4. The van der Waals surface area contributed by atoms with Gasteiger partial charge in [-0.25, -0.2) is 0 Å². The highest BCUT2D eigenvalue weighted by Gasteiger charge is 2.54. The average Bonchev–Trinajstić information content (AvgIpc) is 2.39. The van der Waals surface area contributed by atoms with E-state index in [1.54, 1.807) is 0 Å². The smallest absolute Gasteiger partial charge is 0.0747 e. The third-order valence-electron chi connectivity index (χ3n) is 5.37. The molecule has 0 aromatic heterocycles.